The molecule has 3 aromatic rings. The number of anilines is 1. The maximum absolute atomic E-state index is 13.7. The Hall–Kier alpha value is -2.73. The molecule has 0 fully saturated rings. The van der Waals surface area contributed by atoms with E-state index in [1.807, 2.05) is 18.2 Å². The summed E-state index contributed by atoms with van der Waals surface area (Å²) < 4.78 is 27.3. The minimum Gasteiger partial charge on any atom is -0.394 e. The first-order chi connectivity index (χ1) is 13.3. The lowest BCUT2D eigenvalue weighted by Crippen LogP contribution is -2.26. The number of nitrogens with two attached hydrogens (primary N) is 1. The molecule has 28 heavy (non-hydrogen) atoms. The Kier molecular flexibility index (Phi) is 5.79. The van der Waals surface area contributed by atoms with Crippen molar-refractivity contribution < 1.29 is 13.6 Å². The lowest BCUT2D eigenvalue weighted by Gasteiger charge is -2.14. The highest BCUT2D eigenvalue weighted by molar-refractivity contribution is 7.17. The van der Waals surface area contributed by atoms with E-state index in [2.05, 4.69) is 31.3 Å². The van der Waals surface area contributed by atoms with Gasteiger partial charge >= 0.3 is 0 Å². The number of nitrogens with one attached hydrogen (secondary N) is 1. The van der Waals surface area contributed by atoms with Gasteiger partial charge in [0.05, 0.1) is 10.9 Å². The molecule has 0 bridgehead atoms. The quantitative estimate of drug-likeness (QED) is 0.525. The van der Waals surface area contributed by atoms with Crippen molar-refractivity contribution in [1.29, 1.82) is 0 Å². The van der Waals surface area contributed by atoms with Gasteiger partial charge in [-0.3, -0.25) is 4.79 Å². The average molecular weight is 400 g/mol. The van der Waals surface area contributed by atoms with Crippen LogP contribution in [0.4, 0.5) is 14.5 Å². The zero-order chi connectivity index (χ0) is 20.4. The molecule has 3 N–H and O–H groups in total. The van der Waals surface area contributed by atoms with Crippen LogP contribution in [0.15, 0.2) is 48.5 Å². The fourth-order valence-corrected chi connectivity index (χ4v) is 3.78. The van der Waals surface area contributed by atoms with Crippen molar-refractivity contribution in [3.05, 3.63) is 76.2 Å². The fourth-order valence-electron chi connectivity index (χ4n) is 2.87. The number of amides is 1. The van der Waals surface area contributed by atoms with E-state index in [0.717, 1.165) is 22.6 Å². The van der Waals surface area contributed by atoms with Gasteiger partial charge in [-0.05, 0) is 53.8 Å². The van der Waals surface area contributed by atoms with Gasteiger partial charge in [-0.25, -0.2) is 8.78 Å². The highest BCUT2D eigenvalue weighted by atomic mass is 32.1. The summed E-state index contributed by atoms with van der Waals surface area (Å²) >= 11 is 1.38. The molecule has 1 atom stereocenters. The summed E-state index contributed by atoms with van der Waals surface area (Å²) in [6.45, 7) is 5.94. The molecule has 2 aromatic carbocycles. The van der Waals surface area contributed by atoms with Crippen molar-refractivity contribution in [1.82, 2.24) is 5.32 Å². The number of nitrogen functional groups attached to an aromatic ring is 1. The minimum atomic E-state index is -0.834. The van der Waals surface area contributed by atoms with Crippen LogP contribution in [-0.2, 0) is 0 Å². The number of benzene rings is 2. The molecule has 0 spiro atoms. The molecule has 3 rings (SSSR count). The monoisotopic (exact) mass is 400 g/mol. The molecular formula is C22H22F2N2OS. The Morgan fingerprint density at radius 3 is 2.32 bits per heavy atom. The summed E-state index contributed by atoms with van der Waals surface area (Å²) in [7, 11) is 0. The summed E-state index contributed by atoms with van der Waals surface area (Å²) in [4.78, 5) is 14.1. The van der Waals surface area contributed by atoms with E-state index in [4.69, 9.17) is 5.73 Å². The number of thiophene rings is 1. The van der Waals surface area contributed by atoms with E-state index in [0.29, 0.717) is 16.4 Å². The topological polar surface area (TPSA) is 55.1 Å². The van der Waals surface area contributed by atoms with Gasteiger partial charge in [0.1, 0.15) is 17.3 Å². The number of hydrogen-bond donors (Lipinski definition) is 2. The number of halogens is 2. The van der Waals surface area contributed by atoms with Crippen LogP contribution in [0, 0.1) is 11.6 Å². The molecule has 3 nitrogen and oxygen atoms in total. The minimum absolute atomic E-state index is 0.290. The first kappa shape index (κ1) is 20.0. The molecule has 146 valence electrons. The molecule has 0 aliphatic heterocycles. The average Bonchev–Trinajstić information content (AvgIpc) is 3.16. The highest BCUT2D eigenvalue weighted by Crippen LogP contribution is 2.30. The Morgan fingerprint density at radius 2 is 1.68 bits per heavy atom. The molecule has 0 radical (unpaired) electrons. The molecular weight excluding hydrogens is 378 g/mol. The van der Waals surface area contributed by atoms with Crippen molar-refractivity contribution in [3.63, 3.8) is 0 Å². The molecule has 1 amide bonds. The zero-order valence-corrected chi connectivity index (χ0v) is 16.7. The lowest BCUT2D eigenvalue weighted by molar-refractivity contribution is 0.0944. The van der Waals surface area contributed by atoms with Gasteiger partial charge in [-0.15, -0.1) is 11.3 Å². The third-order valence-electron chi connectivity index (χ3n) is 4.62. The lowest BCUT2D eigenvalue weighted by atomic mass is 10.0. The third-order valence-corrected chi connectivity index (χ3v) is 5.75. The molecule has 1 aromatic heterocycles. The van der Waals surface area contributed by atoms with Crippen LogP contribution in [0.2, 0.25) is 0 Å². The van der Waals surface area contributed by atoms with Gasteiger partial charge in [0.25, 0.3) is 5.91 Å². The van der Waals surface area contributed by atoms with Crippen LogP contribution >= 0.6 is 11.3 Å². The second-order valence-electron chi connectivity index (χ2n) is 7.04. The number of carbonyl (C=O) groups excluding carboxylic acids is 1. The van der Waals surface area contributed by atoms with Crippen molar-refractivity contribution in [2.45, 2.75) is 32.7 Å². The molecule has 1 heterocycles. The van der Waals surface area contributed by atoms with Crippen molar-refractivity contribution in [2.24, 2.45) is 0 Å². The van der Waals surface area contributed by atoms with Gasteiger partial charge in [-0.1, -0.05) is 38.1 Å². The first-order valence-electron chi connectivity index (χ1n) is 9.01. The Labute approximate surface area is 167 Å². The first-order valence-corrected chi connectivity index (χ1v) is 9.83. The zero-order valence-electron chi connectivity index (χ0n) is 15.9. The summed E-state index contributed by atoms with van der Waals surface area (Å²) in [5, 5.41) is 2.78. The van der Waals surface area contributed by atoms with Crippen LogP contribution < -0.4 is 11.1 Å². The normalized spacial score (nSPS) is 12.2. The second-order valence-corrected chi connectivity index (χ2v) is 8.12. The van der Waals surface area contributed by atoms with Crippen molar-refractivity contribution in [2.75, 3.05) is 5.73 Å². The van der Waals surface area contributed by atoms with Crippen LogP contribution in [0.3, 0.4) is 0 Å². The van der Waals surface area contributed by atoms with Crippen LogP contribution in [0.25, 0.3) is 10.4 Å². The highest BCUT2D eigenvalue weighted by Gasteiger charge is 2.17. The molecule has 0 saturated heterocycles. The Bertz CT molecular complexity index is 990. The third kappa shape index (κ3) is 4.22. The SMILES string of the molecule is CC(C)c1cccc(-c2ccc(C(=O)NC(C)c3cc(F)c(N)c(F)c3)s2)c1. The van der Waals surface area contributed by atoms with Gasteiger partial charge in [0.2, 0.25) is 0 Å². The number of hydrogen-bond acceptors (Lipinski definition) is 3. The van der Waals surface area contributed by atoms with Gasteiger partial charge < -0.3 is 11.1 Å². The van der Waals surface area contributed by atoms with E-state index in [-0.39, 0.29) is 5.91 Å². The Balaban J connectivity index is 1.76. The smallest absolute Gasteiger partial charge is 0.261 e. The van der Waals surface area contributed by atoms with Crippen molar-refractivity contribution in [3.8, 4) is 10.4 Å². The van der Waals surface area contributed by atoms with Gasteiger partial charge in [-0.2, -0.15) is 0 Å². The van der Waals surface area contributed by atoms with Crippen LogP contribution in [-0.4, -0.2) is 5.91 Å². The predicted molar refractivity (Wildman–Crippen MR) is 110 cm³/mol. The van der Waals surface area contributed by atoms with E-state index in [9.17, 15) is 13.6 Å². The van der Waals surface area contributed by atoms with E-state index < -0.39 is 23.4 Å². The molecule has 0 aliphatic carbocycles. The molecule has 0 aliphatic rings. The fraction of sp³-hybridized carbons (Fsp3) is 0.227. The van der Waals surface area contributed by atoms with E-state index in [1.54, 1.807) is 13.0 Å². The molecule has 0 saturated carbocycles. The largest absolute Gasteiger partial charge is 0.394 e. The standard InChI is InChI=1S/C22H22F2N2OS/c1-12(2)14-5-4-6-15(9-14)19-7-8-20(28-19)22(27)26-13(3)16-10-17(23)21(25)18(24)11-16/h4-13H,25H2,1-3H3,(H,26,27). The summed E-state index contributed by atoms with van der Waals surface area (Å²) in [5.41, 5.74) is 7.39. The number of carbonyl (C=O) groups is 1. The van der Waals surface area contributed by atoms with Crippen LogP contribution in [0.5, 0.6) is 0 Å². The number of rotatable bonds is 5. The summed E-state index contributed by atoms with van der Waals surface area (Å²) in [6, 6.07) is 13.6. The maximum Gasteiger partial charge on any atom is 0.261 e. The van der Waals surface area contributed by atoms with Crippen LogP contribution in [0.1, 0.15) is 53.5 Å². The maximum atomic E-state index is 13.7. The summed E-state index contributed by atoms with van der Waals surface area (Å²) in [6.07, 6.45) is 0. The predicted octanol–water partition coefficient (Wildman–Crippen LogP) is 5.89. The van der Waals surface area contributed by atoms with E-state index in [1.165, 1.54) is 16.9 Å². The Morgan fingerprint density at radius 1 is 1.00 bits per heavy atom. The second kappa shape index (κ2) is 8.10. The van der Waals surface area contributed by atoms with Gasteiger partial charge in [0.15, 0.2) is 0 Å². The van der Waals surface area contributed by atoms with Gasteiger partial charge in [0, 0.05) is 4.88 Å². The summed E-state index contributed by atoms with van der Waals surface area (Å²) in [5.74, 6) is -1.54. The molecule has 6 heteroatoms. The van der Waals surface area contributed by atoms with Crippen molar-refractivity contribution >= 4 is 22.9 Å². The van der Waals surface area contributed by atoms with E-state index >= 15 is 0 Å². The molecule has 1 unspecified atom stereocenters.